The average Bonchev–Trinajstić information content (AvgIpc) is 3.62. The molecule has 0 spiro atoms. The SMILES string of the molecule is Cc1ccc(C)n1-c1ccc(OCc2ccc(C(=O)N/N=C/c3cc(Cl)c(OCc4cccc([N+](=O)[O-])c4)c(Br)c3)o2)cc1. The van der Waals surface area contributed by atoms with Crippen molar-refractivity contribution in [3.63, 3.8) is 0 Å². The van der Waals surface area contributed by atoms with Crippen LogP contribution >= 0.6 is 27.5 Å². The largest absolute Gasteiger partial charge is 0.486 e. The number of rotatable bonds is 11. The lowest BCUT2D eigenvalue weighted by Crippen LogP contribution is -2.16. The second-order valence-corrected chi connectivity index (χ2v) is 11.0. The molecule has 0 aliphatic rings. The number of nitrogens with zero attached hydrogens (tertiary/aromatic N) is 3. The van der Waals surface area contributed by atoms with Crippen LogP contribution in [0, 0.1) is 24.0 Å². The second kappa shape index (κ2) is 13.6. The Balaban J connectivity index is 1.13. The van der Waals surface area contributed by atoms with E-state index in [9.17, 15) is 14.9 Å². The molecule has 2 aromatic heterocycles. The molecule has 1 N–H and O–H groups in total. The standard InChI is InChI=1S/C32H26BrClN4O6/c1-20-6-7-21(2)37(20)24-8-10-26(11-9-24)42-19-27-12-13-30(44-27)32(39)36-35-17-23-15-28(33)31(29(34)16-23)43-18-22-4-3-5-25(14-22)38(40)41/h3-17H,18-19H2,1-2H3,(H,36,39)/b35-17+. The number of hydrogen-bond donors (Lipinski definition) is 1. The first kappa shape index (κ1) is 30.6. The van der Waals surface area contributed by atoms with Crippen molar-refractivity contribution in [2.75, 3.05) is 0 Å². The van der Waals surface area contributed by atoms with Gasteiger partial charge in [0.05, 0.1) is 20.6 Å². The molecule has 12 heteroatoms. The zero-order chi connectivity index (χ0) is 31.2. The molecule has 0 saturated carbocycles. The topological polar surface area (TPSA) is 121 Å². The number of ether oxygens (including phenoxy) is 2. The highest BCUT2D eigenvalue weighted by Gasteiger charge is 2.13. The van der Waals surface area contributed by atoms with Crippen molar-refractivity contribution in [1.29, 1.82) is 0 Å². The highest BCUT2D eigenvalue weighted by Crippen LogP contribution is 2.35. The number of aryl methyl sites for hydroxylation is 2. The van der Waals surface area contributed by atoms with Gasteiger partial charge < -0.3 is 18.5 Å². The summed E-state index contributed by atoms with van der Waals surface area (Å²) in [6.45, 7) is 4.35. The molecule has 10 nitrogen and oxygen atoms in total. The van der Waals surface area contributed by atoms with E-state index < -0.39 is 10.8 Å². The lowest BCUT2D eigenvalue weighted by atomic mass is 10.2. The lowest BCUT2D eigenvalue weighted by molar-refractivity contribution is -0.384. The highest BCUT2D eigenvalue weighted by molar-refractivity contribution is 9.10. The number of furan rings is 1. The normalized spacial score (nSPS) is 11.1. The van der Waals surface area contributed by atoms with E-state index in [1.165, 1.54) is 18.3 Å². The predicted octanol–water partition coefficient (Wildman–Crippen LogP) is 7.93. The molecule has 5 rings (SSSR count). The van der Waals surface area contributed by atoms with Gasteiger partial charge in [-0.05, 0) is 102 Å². The molecule has 224 valence electrons. The van der Waals surface area contributed by atoms with Crippen molar-refractivity contribution in [2.24, 2.45) is 5.10 Å². The molecule has 0 radical (unpaired) electrons. The number of hydrogen-bond acceptors (Lipinski definition) is 7. The third kappa shape index (κ3) is 7.36. The van der Waals surface area contributed by atoms with Crippen molar-refractivity contribution < 1.29 is 23.6 Å². The van der Waals surface area contributed by atoms with E-state index in [4.69, 9.17) is 25.5 Å². The van der Waals surface area contributed by atoms with E-state index in [2.05, 4.69) is 57.0 Å². The number of carbonyl (C=O) groups excluding carboxylic acids is 1. The van der Waals surface area contributed by atoms with Crippen LogP contribution in [0.2, 0.25) is 5.02 Å². The first-order valence-electron chi connectivity index (χ1n) is 13.3. The molecular formula is C32H26BrClN4O6. The maximum absolute atomic E-state index is 12.5. The van der Waals surface area contributed by atoms with Crippen LogP contribution in [-0.4, -0.2) is 21.6 Å². The Labute approximate surface area is 266 Å². The van der Waals surface area contributed by atoms with Crippen LogP contribution in [0.25, 0.3) is 5.69 Å². The number of amides is 1. The monoisotopic (exact) mass is 676 g/mol. The lowest BCUT2D eigenvalue weighted by Gasteiger charge is -2.11. The van der Waals surface area contributed by atoms with E-state index in [1.54, 1.807) is 36.4 Å². The van der Waals surface area contributed by atoms with Crippen molar-refractivity contribution in [3.8, 4) is 17.2 Å². The molecule has 0 fully saturated rings. The van der Waals surface area contributed by atoms with E-state index in [-0.39, 0.29) is 29.7 Å². The summed E-state index contributed by atoms with van der Waals surface area (Å²) in [6.07, 6.45) is 1.42. The third-order valence-corrected chi connectivity index (χ3v) is 7.41. The molecule has 3 aromatic carbocycles. The molecule has 0 bridgehead atoms. The number of non-ortho nitro benzene ring substituents is 1. The van der Waals surface area contributed by atoms with Crippen LogP contribution in [-0.2, 0) is 13.2 Å². The number of nitro groups is 1. The summed E-state index contributed by atoms with van der Waals surface area (Å²) in [7, 11) is 0. The van der Waals surface area contributed by atoms with Gasteiger partial charge in [-0.2, -0.15) is 5.10 Å². The Morgan fingerprint density at radius 3 is 2.48 bits per heavy atom. The second-order valence-electron chi connectivity index (χ2n) is 9.73. The summed E-state index contributed by atoms with van der Waals surface area (Å²) < 4.78 is 19.9. The number of hydrazone groups is 1. The van der Waals surface area contributed by atoms with Gasteiger partial charge in [0.15, 0.2) is 11.5 Å². The highest BCUT2D eigenvalue weighted by atomic mass is 79.9. The molecule has 5 aromatic rings. The van der Waals surface area contributed by atoms with Crippen LogP contribution in [0.5, 0.6) is 11.5 Å². The van der Waals surface area contributed by atoms with E-state index in [0.29, 0.717) is 32.9 Å². The van der Waals surface area contributed by atoms with Gasteiger partial charge in [-0.25, -0.2) is 5.43 Å². The van der Waals surface area contributed by atoms with Crippen molar-refractivity contribution in [3.05, 3.63) is 139 Å². The number of aromatic nitrogens is 1. The Hall–Kier alpha value is -4.87. The molecular weight excluding hydrogens is 652 g/mol. The fourth-order valence-electron chi connectivity index (χ4n) is 4.43. The van der Waals surface area contributed by atoms with E-state index in [1.807, 2.05) is 24.3 Å². The number of carbonyl (C=O) groups is 1. The zero-order valence-electron chi connectivity index (χ0n) is 23.6. The van der Waals surface area contributed by atoms with Crippen molar-refractivity contribution >= 4 is 45.3 Å². The molecule has 44 heavy (non-hydrogen) atoms. The Morgan fingerprint density at radius 1 is 1.02 bits per heavy atom. The summed E-state index contributed by atoms with van der Waals surface area (Å²) in [6, 6.07) is 24.6. The fourth-order valence-corrected chi connectivity index (χ4v) is 5.42. The van der Waals surface area contributed by atoms with E-state index in [0.717, 1.165) is 17.1 Å². The van der Waals surface area contributed by atoms with E-state index >= 15 is 0 Å². The summed E-state index contributed by atoms with van der Waals surface area (Å²) in [4.78, 5) is 23.1. The Morgan fingerprint density at radius 2 is 1.77 bits per heavy atom. The molecule has 0 atom stereocenters. The van der Waals surface area contributed by atoms with Gasteiger partial charge in [-0.1, -0.05) is 23.7 Å². The minimum Gasteiger partial charge on any atom is -0.486 e. The molecule has 2 heterocycles. The van der Waals surface area contributed by atoms with Gasteiger partial charge in [0.2, 0.25) is 0 Å². The summed E-state index contributed by atoms with van der Waals surface area (Å²) in [5.74, 6) is 1.08. The van der Waals surface area contributed by atoms with Gasteiger partial charge in [-0.3, -0.25) is 14.9 Å². The smallest absolute Gasteiger partial charge is 0.307 e. The predicted molar refractivity (Wildman–Crippen MR) is 170 cm³/mol. The summed E-state index contributed by atoms with van der Waals surface area (Å²) in [5, 5.41) is 15.3. The number of nitro benzene ring substituents is 1. The number of benzene rings is 3. The van der Waals surface area contributed by atoms with Gasteiger partial charge in [-0.15, -0.1) is 0 Å². The summed E-state index contributed by atoms with van der Waals surface area (Å²) in [5.41, 5.74) is 6.96. The third-order valence-electron chi connectivity index (χ3n) is 6.54. The van der Waals surface area contributed by atoms with Gasteiger partial charge >= 0.3 is 5.91 Å². The van der Waals surface area contributed by atoms with Crippen molar-refractivity contribution in [2.45, 2.75) is 27.1 Å². The minimum atomic E-state index is -0.531. The summed E-state index contributed by atoms with van der Waals surface area (Å²) >= 11 is 9.82. The zero-order valence-corrected chi connectivity index (χ0v) is 26.0. The van der Waals surface area contributed by atoms with Gasteiger partial charge in [0.25, 0.3) is 5.69 Å². The number of nitrogens with one attached hydrogen (secondary N) is 1. The van der Waals surface area contributed by atoms with Crippen LogP contribution in [0.1, 0.15) is 38.8 Å². The maximum atomic E-state index is 12.5. The van der Waals surface area contributed by atoms with Crippen molar-refractivity contribution in [1.82, 2.24) is 9.99 Å². The molecule has 0 aliphatic heterocycles. The van der Waals surface area contributed by atoms with Gasteiger partial charge in [0.1, 0.15) is 24.7 Å². The molecule has 0 unspecified atom stereocenters. The van der Waals surface area contributed by atoms with Crippen LogP contribution in [0.4, 0.5) is 5.69 Å². The maximum Gasteiger partial charge on any atom is 0.307 e. The average molecular weight is 678 g/mol. The fraction of sp³-hybridized carbons (Fsp3) is 0.125. The van der Waals surface area contributed by atoms with Gasteiger partial charge in [0, 0.05) is 29.2 Å². The Kier molecular flexibility index (Phi) is 9.47. The number of halogens is 2. The first-order chi connectivity index (χ1) is 21.2. The minimum absolute atomic E-state index is 0.0241. The molecule has 1 amide bonds. The van der Waals surface area contributed by atoms with Crippen LogP contribution in [0.3, 0.4) is 0 Å². The Bertz CT molecular complexity index is 1810. The molecule has 0 aliphatic carbocycles. The first-order valence-corrected chi connectivity index (χ1v) is 14.5. The van der Waals surface area contributed by atoms with Crippen LogP contribution in [0.15, 0.2) is 98.9 Å². The molecule has 0 saturated heterocycles. The van der Waals surface area contributed by atoms with Crippen LogP contribution < -0.4 is 14.9 Å². The quantitative estimate of drug-likeness (QED) is 0.0861.